The van der Waals surface area contributed by atoms with Gasteiger partial charge >= 0.3 is 0 Å². The second kappa shape index (κ2) is 6.57. The lowest BCUT2D eigenvalue weighted by molar-refractivity contribution is -0.135. The molecule has 0 bridgehead atoms. The van der Waals surface area contributed by atoms with Gasteiger partial charge in [-0.1, -0.05) is 24.3 Å². The first-order valence-corrected chi connectivity index (χ1v) is 8.80. The topological polar surface area (TPSA) is 85.3 Å². The van der Waals surface area contributed by atoms with Gasteiger partial charge in [0.1, 0.15) is 11.3 Å². The number of β-amino-alcohol motifs (C(OH)–C–C–N with tert-alkyl or cyclic N) is 1. The summed E-state index contributed by atoms with van der Waals surface area (Å²) in [5.41, 5.74) is 2.10. The third kappa shape index (κ3) is 3.29. The van der Waals surface area contributed by atoms with Gasteiger partial charge in [-0.25, -0.2) is 0 Å². The largest absolute Gasteiger partial charge is 0.382 e. The summed E-state index contributed by atoms with van der Waals surface area (Å²) in [5, 5.41) is 21.2. The highest BCUT2D eigenvalue weighted by Gasteiger charge is 2.38. The van der Waals surface area contributed by atoms with Crippen LogP contribution in [0.4, 0.5) is 0 Å². The van der Waals surface area contributed by atoms with E-state index in [0.29, 0.717) is 31.7 Å². The van der Waals surface area contributed by atoms with E-state index in [9.17, 15) is 9.90 Å². The van der Waals surface area contributed by atoms with Crippen molar-refractivity contribution in [2.24, 2.45) is 0 Å². The predicted molar refractivity (Wildman–Crippen MR) is 91.5 cm³/mol. The lowest BCUT2D eigenvalue weighted by Gasteiger charge is -2.38. The number of aromatic amines is 1. The number of aromatic nitrogens is 3. The van der Waals surface area contributed by atoms with Crippen LogP contribution < -0.4 is 0 Å². The Morgan fingerprint density at radius 1 is 1.28 bits per heavy atom. The molecule has 1 atom stereocenters. The smallest absolute Gasteiger partial charge is 0.237 e. The summed E-state index contributed by atoms with van der Waals surface area (Å²) in [7, 11) is 0. The van der Waals surface area contributed by atoms with E-state index in [0.717, 1.165) is 25.9 Å². The van der Waals surface area contributed by atoms with E-state index in [-0.39, 0.29) is 5.91 Å². The normalized spacial score (nSPS) is 24.1. The van der Waals surface area contributed by atoms with Crippen molar-refractivity contribution in [3.63, 3.8) is 0 Å². The Balaban J connectivity index is 1.40. The molecule has 0 aliphatic carbocycles. The van der Waals surface area contributed by atoms with Crippen LogP contribution in [0.3, 0.4) is 0 Å². The summed E-state index contributed by atoms with van der Waals surface area (Å²) in [5.74, 6) is 0.124. The second-order valence-electron chi connectivity index (χ2n) is 7.04. The van der Waals surface area contributed by atoms with E-state index in [1.807, 2.05) is 15.9 Å². The number of hydrogen-bond acceptors (Lipinski definition) is 5. The summed E-state index contributed by atoms with van der Waals surface area (Å²) in [6.45, 7) is 3.00. The van der Waals surface area contributed by atoms with Gasteiger partial charge < -0.3 is 10.0 Å². The Bertz CT molecular complexity index is 748. The minimum absolute atomic E-state index is 0.124. The number of nitrogens with zero attached hydrogens (tertiary/aromatic N) is 4. The van der Waals surface area contributed by atoms with Gasteiger partial charge in [-0.05, 0) is 36.9 Å². The van der Waals surface area contributed by atoms with Gasteiger partial charge in [0.15, 0.2) is 0 Å². The van der Waals surface area contributed by atoms with Crippen molar-refractivity contribution >= 4 is 5.91 Å². The molecule has 2 N–H and O–H groups in total. The number of benzene rings is 1. The van der Waals surface area contributed by atoms with E-state index < -0.39 is 5.60 Å². The number of carbonyl (C=O) groups excluding carboxylic acids is 1. The molecular weight excluding hydrogens is 318 g/mol. The van der Waals surface area contributed by atoms with Crippen molar-refractivity contribution in [1.29, 1.82) is 0 Å². The van der Waals surface area contributed by atoms with Gasteiger partial charge in [0.05, 0.1) is 12.7 Å². The summed E-state index contributed by atoms with van der Waals surface area (Å²) in [6, 6.07) is 8.31. The van der Waals surface area contributed by atoms with E-state index in [2.05, 4.69) is 33.6 Å². The summed E-state index contributed by atoms with van der Waals surface area (Å²) in [4.78, 5) is 16.7. The highest BCUT2D eigenvalue weighted by molar-refractivity contribution is 5.78. The Morgan fingerprint density at radius 2 is 2.12 bits per heavy atom. The van der Waals surface area contributed by atoms with Crippen LogP contribution in [0.1, 0.15) is 29.7 Å². The molecule has 3 heterocycles. The van der Waals surface area contributed by atoms with Crippen molar-refractivity contribution in [3.05, 3.63) is 47.3 Å². The first-order valence-electron chi connectivity index (χ1n) is 8.80. The fraction of sp³-hybridized carbons (Fsp3) is 0.500. The molecule has 2 aliphatic heterocycles. The maximum absolute atomic E-state index is 12.7. The minimum atomic E-state index is -1.03. The Hall–Kier alpha value is -2.25. The van der Waals surface area contributed by atoms with Gasteiger partial charge in [-0.15, -0.1) is 0 Å². The highest BCUT2D eigenvalue weighted by Crippen LogP contribution is 2.29. The van der Waals surface area contributed by atoms with Crippen LogP contribution in [0.15, 0.2) is 30.5 Å². The lowest BCUT2D eigenvalue weighted by Crippen LogP contribution is -2.50. The number of carbonyl (C=O) groups is 1. The molecule has 1 fully saturated rings. The zero-order chi connectivity index (χ0) is 17.3. The van der Waals surface area contributed by atoms with Crippen LogP contribution in [-0.4, -0.2) is 62.4 Å². The molecule has 0 spiro atoms. The van der Waals surface area contributed by atoms with E-state index in [1.54, 1.807) is 6.20 Å². The van der Waals surface area contributed by atoms with Crippen molar-refractivity contribution < 1.29 is 9.90 Å². The number of aliphatic hydroxyl groups is 1. The van der Waals surface area contributed by atoms with Gasteiger partial charge in [0.2, 0.25) is 5.91 Å². The highest BCUT2D eigenvalue weighted by atomic mass is 16.3. The van der Waals surface area contributed by atoms with E-state index in [1.165, 1.54) is 11.1 Å². The molecule has 2 aromatic rings. The zero-order valence-corrected chi connectivity index (χ0v) is 14.2. The molecular formula is C18H23N5O2. The molecule has 0 radical (unpaired) electrons. The van der Waals surface area contributed by atoms with Crippen molar-refractivity contribution in [3.8, 4) is 0 Å². The van der Waals surface area contributed by atoms with Crippen molar-refractivity contribution in [2.75, 3.05) is 26.2 Å². The number of H-pyrrole nitrogens is 1. The number of likely N-dealkylation sites (tertiary alicyclic amines) is 1. The SMILES string of the molecule is O=C(CN1CCCC(O)(c2cn[nH]n2)C1)N1CCc2ccccc2C1. The molecule has 1 aromatic heterocycles. The molecule has 1 unspecified atom stereocenters. The number of amides is 1. The van der Waals surface area contributed by atoms with Crippen molar-refractivity contribution in [2.45, 2.75) is 31.4 Å². The molecule has 1 aromatic carbocycles. The molecule has 25 heavy (non-hydrogen) atoms. The third-order valence-corrected chi connectivity index (χ3v) is 5.28. The van der Waals surface area contributed by atoms with Crippen LogP contribution in [-0.2, 0) is 23.4 Å². The number of piperidine rings is 1. The molecule has 1 saturated heterocycles. The maximum atomic E-state index is 12.7. The first-order chi connectivity index (χ1) is 12.1. The molecule has 1 amide bonds. The summed E-state index contributed by atoms with van der Waals surface area (Å²) in [6.07, 6.45) is 3.94. The number of nitrogens with one attached hydrogen (secondary N) is 1. The fourth-order valence-electron chi connectivity index (χ4n) is 3.89. The minimum Gasteiger partial charge on any atom is -0.382 e. The predicted octanol–water partition coefficient (Wildman–Crippen LogP) is 0.673. The fourth-order valence-corrected chi connectivity index (χ4v) is 3.89. The lowest BCUT2D eigenvalue weighted by atomic mass is 9.90. The number of rotatable bonds is 3. The van der Waals surface area contributed by atoms with Crippen LogP contribution >= 0.6 is 0 Å². The zero-order valence-electron chi connectivity index (χ0n) is 14.2. The molecule has 2 aliphatic rings. The maximum Gasteiger partial charge on any atom is 0.237 e. The molecule has 4 rings (SSSR count). The molecule has 7 nitrogen and oxygen atoms in total. The average molecular weight is 341 g/mol. The monoisotopic (exact) mass is 341 g/mol. The number of hydrogen-bond donors (Lipinski definition) is 2. The van der Waals surface area contributed by atoms with Crippen LogP contribution in [0.25, 0.3) is 0 Å². The van der Waals surface area contributed by atoms with Crippen LogP contribution in [0.2, 0.25) is 0 Å². The quantitative estimate of drug-likeness (QED) is 0.857. The molecule has 7 heteroatoms. The Morgan fingerprint density at radius 3 is 2.92 bits per heavy atom. The number of fused-ring (bicyclic) bond motifs is 1. The first kappa shape index (κ1) is 16.2. The van der Waals surface area contributed by atoms with Crippen LogP contribution in [0.5, 0.6) is 0 Å². The summed E-state index contributed by atoms with van der Waals surface area (Å²) < 4.78 is 0. The van der Waals surface area contributed by atoms with E-state index >= 15 is 0 Å². The Kier molecular flexibility index (Phi) is 4.27. The van der Waals surface area contributed by atoms with Gasteiger partial charge in [0, 0.05) is 19.6 Å². The van der Waals surface area contributed by atoms with E-state index in [4.69, 9.17) is 0 Å². The second-order valence-corrected chi connectivity index (χ2v) is 7.04. The standard InChI is InChI=1S/C18H23N5O2/c24-17(23-9-6-14-4-1-2-5-15(14)11-23)12-22-8-3-7-18(25,13-22)16-10-19-21-20-16/h1-2,4-5,10,25H,3,6-9,11-13H2,(H,19,20,21). The van der Waals surface area contributed by atoms with Crippen molar-refractivity contribution in [1.82, 2.24) is 25.2 Å². The van der Waals surface area contributed by atoms with Gasteiger partial charge in [-0.3, -0.25) is 9.69 Å². The van der Waals surface area contributed by atoms with Crippen LogP contribution in [0, 0.1) is 0 Å². The summed E-state index contributed by atoms with van der Waals surface area (Å²) >= 11 is 0. The Labute approximate surface area is 146 Å². The van der Waals surface area contributed by atoms with Gasteiger partial charge in [-0.2, -0.15) is 15.4 Å². The molecule has 132 valence electrons. The third-order valence-electron chi connectivity index (χ3n) is 5.28. The average Bonchev–Trinajstić information content (AvgIpc) is 3.17. The van der Waals surface area contributed by atoms with Gasteiger partial charge in [0.25, 0.3) is 0 Å². The molecule has 0 saturated carbocycles.